The first-order valence-corrected chi connectivity index (χ1v) is 10.9. The van der Waals surface area contributed by atoms with Gasteiger partial charge in [0.1, 0.15) is 0 Å². The standard InChI is InChI=1S/C19H31N3O3S/c1-5-22(6-2)26(24,25)16-10-11-18(21-12-8-7-9-13-21)17(14-16)20-19(23)15(3)4/h10-11,14-15H,5-9,12-13H2,1-4H3,(H,20,23). The second kappa shape index (κ2) is 8.86. The molecular formula is C19H31N3O3S. The van der Waals surface area contributed by atoms with E-state index in [1.54, 1.807) is 12.1 Å². The number of carbonyl (C=O) groups is 1. The van der Waals surface area contributed by atoms with Gasteiger partial charge in [0.05, 0.1) is 16.3 Å². The maximum Gasteiger partial charge on any atom is 0.243 e. The number of hydrogen-bond donors (Lipinski definition) is 1. The topological polar surface area (TPSA) is 69.7 Å². The van der Waals surface area contributed by atoms with Gasteiger partial charge in [0, 0.05) is 32.1 Å². The van der Waals surface area contributed by atoms with Crippen LogP contribution in [0.1, 0.15) is 47.0 Å². The van der Waals surface area contributed by atoms with E-state index in [0.29, 0.717) is 18.8 Å². The number of benzene rings is 1. The van der Waals surface area contributed by atoms with E-state index in [4.69, 9.17) is 0 Å². The summed E-state index contributed by atoms with van der Waals surface area (Å²) in [5.74, 6) is -0.284. The molecule has 6 nitrogen and oxygen atoms in total. The predicted octanol–water partition coefficient (Wildman–Crippen LogP) is 3.30. The molecule has 1 aliphatic rings. The van der Waals surface area contributed by atoms with Crippen LogP contribution in [0.3, 0.4) is 0 Å². The van der Waals surface area contributed by atoms with Gasteiger partial charge in [0.15, 0.2) is 0 Å². The molecule has 0 saturated carbocycles. The number of rotatable bonds is 7. The molecule has 26 heavy (non-hydrogen) atoms. The first kappa shape index (κ1) is 20.7. The molecule has 7 heteroatoms. The number of piperidine rings is 1. The zero-order valence-corrected chi connectivity index (χ0v) is 17.1. The summed E-state index contributed by atoms with van der Waals surface area (Å²) in [4.78, 5) is 14.7. The normalized spacial score (nSPS) is 15.5. The van der Waals surface area contributed by atoms with Gasteiger partial charge in [-0.15, -0.1) is 0 Å². The highest BCUT2D eigenvalue weighted by Crippen LogP contribution is 2.32. The number of nitrogens with zero attached hydrogens (tertiary/aromatic N) is 2. The van der Waals surface area contributed by atoms with Gasteiger partial charge in [0.25, 0.3) is 0 Å². The Kier molecular flexibility index (Phi) is 7.06. The molecule has 0 aromatic heterocycles. The highest BCUT2D eigenvalue weighted by molar-refractivity contribution is 7.89. The third-order valence-electron chi connectivity index (χ3n) is 4.79. The quantitative estimate of drug-likeness (QED) is 0.787. The summed E-state index contributed by atoms with van der Waals surface area (Å²) in [6, 6.07) is 5.10. The molecule has 1 aliphatic heterocycles. The van der Waals surface area contributed by atoms with Crippen LogP contribution in [0.2, 0.25) is 0 Å². The van der Waals surface area contributed by atoms with Crippen LogP contribution in [-0.2, 0) is 14.8 Å². The average Bonchev–Trinajstić information content (AvgIpc) is 2.63. The number of sulfonamides is 1. The lowest BCUT2D eigenvalue weighted by molar-refractivity contribution is -0.118. The van der Waals surface area contributed by atoms with E-state index in [0.717, 1.165) is 31.6 Å². The Balaban J connectivity index is 2.45. The smallest absolute Gasteiger partial charge is 0.243 e. The number of amides is 1. The number of anilines is 2. The Morgan fingerprint density at radius 1 is 1.15 bits per heavy atom. The fraction of sp³-hybridized carbons (Fsp3) is 0.632. The summed E-state index contributed by atoms with van der Waals surface area (Å²) in [7, 11) is -3.56. The Morgan fingerprint density at radius 2 is 1.77 bits per heavy atom. The zero-order chi connectivity index (χ0) is 19.3. The molecule has 0 spiro atoms. The van der Waals surface area contributed by atoms with Crippen molar-refractivity contribution in [1.82, 2.24) is 4.31 Å². The summed E-state index contributed by atoms with van der Waals surface area (Å²) in [5.41, 5.74) is 1.48. The van der Waals surface area contributed by atoms with Crippen molar-refractivity contribution in [3.63, 3.8) is 0 Å². The minimum absolute atomic E-state index is 0.111. The van der Waals surface area contributed by atoms with Gasteiger partial charge in [-0.05, 0) is 37.5 Å². The molecule has 0 unspecified atom stereocenters. The Labute approximate surface area is 157 Å². The number of carbonyl (C=O) groups excluding carboxylic acids is 1. The molecule has 0 aliphatic carbocycles. The summed E-state index contributed by atoms with van der Waals surface area (Å²) in [5, 5.41) is 2.93. The lowest BCUT2D eigenvalue weighted by Gasteiger charge is -2.31. The van der Waals surface area contributed by atoms with Crippen LogP contribution >= 0.6 is 0 Å². The third-order valence-corrected chi connectivity index (χ3v) is 6.84. The van der Waals surface area contributed by atoms with Crippen molar-refractivity contribution in [1.29, 1.82) is 0 Å². The fourth-order valence-corrected chi connectivity index (χ4v) is 4.66. The molecule has 1 N–H and O–H groups in total. The number of hydrogen-bond acceptors (Lipinski definition) is 4. The molecule has 1 heterocycles. The lowest BCUT2D eigenvalue weighted by atomic mass is 10.1. The van der Waals surface area contributed by atoms with Gasteiger partial charge in [-0.3, -0.25) is 4.79 Å². The van der Waals surface area contributed by atoms with E-state index in [1.165, 1.54) is 10.7 Å². The largest absolute Gasteiger partial charge is 0.370 e. The monoisotopic (exact) mass is 381 g/mol. The minimum Gasteiger partial charge on any atom is -0.370 e. The molecule has 1 fully saturated rings. The van der Waals surface area contributed by atoms with Crippen LogP contribution in [0, 0.1) is 5.92 Å². The molecule has 1 aromatic carbocycles. The van der Waals surface area contributed by atoms with E-state index >= 15 is 0 Å². The van der Waals surface area contributed by atoms with Crippen LogP contribution < -0.4 is 10.2 Å². The maximum absolute atomic E-state index is 12.9. The second-order valence-electron chi connectivity index (χ2n) is 6.96. The van der Waals surface area contributed by atoms with Crippen LogP contribution in [0.25, 0.3) is 0 Å². The summed E-state index contributed by atoms with van der Waals surface area (Å²) < 4.78 is 27.1. The van der Waals surface area contributed by atoms with E-state index < -0.39 is 10.0 Å². The van der Waals surface area contributed by atoms with E-state index in [9.17, 15) is 13.2 Å². The highest BCUT2D eigenvalue weighted by Gasteiger charge is 2.25. The van der Waals surface area contributed by atoms with E-state index in [1.807, 2.05) is 33.8 Å². The van der Waals surface area contributed by atoms with Gasteiger partial charge in [-0.2, -0.15) is 4.31 Å². The first-order valence-electron chi connectivity index (χ1n) is 9.51. The van der Waals surface area contributed by atoms with Crippen molar-refractivity contribution in [2.24, 2.45) is 5.92 Å². The van der Waals surface area contributed by atoms with Crippen LogP contribution in [0.4, 0.5) is 11.4 Å². The first-order chi connectivity index (χ1) is 12.3. The average molecular weight is 382 g/mol. The van der Waals surface area contributed by atoms with Gasteiger partial charge < -0.3 is 10.2 Å². The van der Waals surface area contributed by atoms with E-state index in [2.05, 4.69) is 10.2 Å². The number of nitrogens with one attached hydrogen (secondary N) is 1. The summed E-state index contributed by atoms with van der Waals surface area (Å²) in [6.07, 6.45) is 3.42. The van der Waals surface area contributed by atoms with Crippen molar-refractivity contribution in [2.45, 2.75) is 51.9 Å². The molecule has 146 valence electrons. The molecule has 0 atom stereocenters. The SMILES string of the molecule is CCN(CC)S(=O)(=O)c1ccc(N2CCCCC2)c(NC(=O)C(C)C)c1. The highest BCUT2D eigenvalue weighted by atomic mass is 32.2. The Hall–Kier alpha value is -1.60. The van der Waals surface area contributed by atoms with Crippen molar-refractivity contribution in [3.8, 4) is 0 Å². The van der Waals surface area contributed by atoms with Gasteiger partial charge in [-0.1, -0.05) is 27.7 Å². The molecule has 1 saturated heterocycles. The van der Waals surface area contributed by atoms with Gasteiger partial charge in [-0.25, -0.2) is 8.42 Å². The summed E-state index contributed by atoms with van der Waals surface area (Å²) >= 11 is 0. The van der Waals surface area contributed by atoms with E-state index in [-0.39, 0.29) is 16.7 Å². The van der Waals surface area contributed by atoms with Crippen LogP contribution in [0.15, 0.2) is 23.1 Å². The summed E-state index contributed by atoms with van der Waals surface area (Å²) in [6.45, 7) is 9.98. The Bertz CT molecular complexity index is 722. The van der Waals surface area contributed by atoms with Gasteiger partial charge in [0.2, 0.25) is 15.9 Å². The molecular weight excluding hydrogens is 350 g/mol. The molecule has 0 bridgehead atoms. The molecule has 1 aromatic rings. The minimum atomic E-state index is -3.56. The maximum atomic E-state index is 12.9. The van der Waals surface area contributed by atoms with Crippen molar-refractivity contribution in [2.75, 3.05) is 36.4 Å². The lowest BCUT2D eigenvalue weighted by Crippen LogP contribution is -2.32. The molecule has 2 rings (SSSR count). The second-order valence-corrected chi connectivity index (χ2v) is 8.90. The zero-order valence-electron chi connectivity index (χ0n) is 16.3. The molecule has 1 amide bonds. The predicted molar refractivity (Wildman–Crippen MR) is 106 cm³/mol. The van der Waals surface area contributed by atoms with Crippen LogP contribution in [0.5, 0.6) is 0 Å². The van der Waals surface area contributed by atoms with Crippen molar-refractivity contribution in [3.05, 3.63) is 18.2 Å². The third kappa shape index (κ3) is 4.57. The van der Waals surface area contributed by atoms with Gasteiger partial charge >= 0.3 is 0 Å². The Morgan fingerprint density at radius 3 is 2.31 bits per heavy atom. The van der Waals surface area contributed by atoms with Crippen molar-refractivity contribution < 1.29 is 13.2 Å². The fourth-order valence-electron chi connectivity index (χ4n) is 3.18. The van der Waals surface area contributed by atoms with Crippen molar-refractivity contribution >= 4 is 27.3 Å². The molecule has 0 radical (unpaired) electrons. The van der Waals surface area contributed by atoms with Crippen LogP contribution in [-0.4, -0.2) is 44.8 Å².